The second-order valence-electron chi connectivity index (χ2n) is 13.9. The Kier molecular flexibility index (Phi) is 8.25. The molecule has 11 nitrogen and oxygen atoms in total. The topological polar surface area (TPSA) is 111 Å². The minimum Gasteiger partial charge on any atom is -0.475 e. The number of hydrogen-bond donors (Lipinski definition) is 1. The molecule has 50 heavy (non-hydrogen) atoms. The molecule has 1 N–H and O–H groups in total. The highest BCUT2D eigenvalue weighted by Crippen LogP contribution is 2.48. The fourth-order valence-electron chi connectivity index (χ4n) is 8.30. The van der Waals surface area contributed by atoms with Crippen molar-refractivity contribution in [1.82, 2.24) is 29.6 Å². The first-order valence-corrected chi connectivity index (χ1v) is 17.1. The number of aliphatic hydroxyl groups excluding tert-OH is 1. The number of alkyl halides is 4. The van der Waals surface area contributed by atoms with Crippen LogP contribution in [0.15, 0.2) is 12.3 Å². The number of aryl methyl sites for hydroxylation is 1. The Morgan fingerprint density at radius 3 is 2.76 bits per heavy atom. The molecule has 4 atom stereocenters. The van der Waals surface area contributed by atoms with Gasteiger partial charge in [0, 0.05) is 44.2 Å². The number of pyridine rings is 1. The zero-order valence-electron chi connectivity index (χ0n) is 27.8. The predicted octanol–water partition coefficient (Wildman–Crippen LogP) is 5.74. The van der Waals surface area contributed by atoms with Crippen LogP contribution in [0.25, 0.3) is 33.1 Å². The number of fused-ring (bicyclic) bond motifs is 2. The zero-order chi connectivity index (χ0) is 34.9. The average Bonchev–Trinajstić information content (AvgIpc) is 3.74. The van der Waals surface area contributed by atoms with Crippen LogP contribution in [0.5, 0.6) is 11.9 Å². The van der Waals surface area contributed by atoms with Crippen LogP contribution in [0.3, 0.4) is 0 Å². The lowest BCUT2D eigenvalue weighted by atomic mass is 9.94. The number of halogens is 5. The summed E-state index contributed by atoms with van der Waals surface area (Å²) >= 11 is 0. The first-order chi connectivity index (χ1) is 24.0. The molecule has 0 radical (unpaired) electrons. The third-order valence-electron chi connectivity index (χ3n) is 10.7. The van der Waals surface area contributed by atoms with Crippen molar-refractivity contribution in [2.45, 2.75) is 82.0 Å². The summed E-state index contributed by atoms with van der Waals surface area (Å²) in [5.41, 5.74) is -2.81. The summed E-state index contributed by atoms with van der Waals surface area (Å²) in [5.74, 6) is -1.07. The van der Waals surface area contributed by atoms with Gasteiger partial charge in [0.25, 0.3) is 0 Å². The number of rotatable bonds is 7. The normalized spacial score (nSPS) is 25.7. The predicted molar refractivity (Wildman–Crippen MR) is 173 cm³/mol. The summed E-state index contributed by atoms with van der Waals surface area (Å²) in [4.78, 5) is 17.3. The number of anilines is 1. The highest BCUT2D eigenvalue weighted by Gasteiger charge is 2.49. The van der Waals surface area contributed by atoms with Gasteiger partial charge >= 0.3 is 12.2 Å². The summed E-state index contributed by atoms with van der Waals surface area (Å²) < 4.78 is 96.2. The molecule has 0 aliphatic carbocycles. The second kappa shape index (κ2) is 12.4. The third-order valence-corrected chi connectivity index (χ3v) is 10.7. The molecule has 1 aromatic carbocycles. The maximum absolute atomic E-state index is 17.2. The van der Waals surface area contributed by atoms with Crippen LogP contribution in [0, 0.1) is 12.7 Å². The Labute approximate surface area is 284 Å². The maximum Gasteiger partial charge on any atom is 0.417 e. The minimum absolute atomic E-state index is 0.0148. The minimum atomic E-state index is -4.88. The fourth-order valence-corrected chi connectivity index (χ4v) is 8.30. The lowest BCUT2D eigenvalue weighted by Crippen LogP contribution is -2.43. The number of aromatic nitrogens is 5. The molecule has 3 aromatic heterocycles. The van der Waals surface area contributed by atoms with Crippen LogP contribution >= 0.6 is 0 Å². The van der Waals surface area contributed by atoms with Gasteiger partial charge in [0.2, 0.25) is 5.88 Å². The summed E-state index contributed by atoms with van der Waals surface area (Å²) in [5, 5.41) is 14.3. The number of aliphatic hydroxyl groups is 1. The van der Waals surface area contributed by atoms with Gasteiger partial charge in [-0.25, -0.2) is 18.4 Å². The summed E-state index contributed by atoms with van der Waals surface area (Å²) in [6.07, 6.45) is -0.563. The lowest BCUT2D eigenvalue weighted by Gasteiger charge is -2.31. The Morgan fingerprint density at radius 2 is 2.00 bits per heavy atom. The molecule has 0 bridgehead atoms. The van der Waals surface area contributed by atoms with Crippen molar-refractivity contribution in [3.8, 4) is 23.1 Å². The van der Waals surface area contributed by atoms with Gasteiger partial charge in [-0.3, -0.25) is 4.90 Å². The molecule has 0 amide bonds. The largest absolute Gasteiger partial charge is 0.475 e. The number of nitrogens with zero attached hydrogens (tertiary/aromatic N) is 7. The van der Waals surface area contributed by atoms with Crippen LogP contribution in [0.4, 0.5) is 27.8 Å². The van der Waals surface area contributed by atoms with E-state index in [1.165, 1.54) is 19.2 Å². The number of hydrogen-bond acceptors (Lipinski definition) is 10. The molecule has 8 rings (SSSR count). The summed E-state index contributed by atoms with van der Waals surface area (Å²) in [7, 11) is 1.70. The monoisotopic (exact) mass is 703 g/mol. The van der Waals surface area contributed by atoms with Crippen molar-refractivity contribution < 1.29 is 41.3 Å². The molecular weight excluding hydrogens is 665 g/mol. The molecule has 0 saturated carbocycles. The Bertz CT molecular complexity index is 1950. The van der Waals surface area contributed by atoms with E-state index in [1.54, 1.807) is 16.6 Å². The van der Waals surface area contributed by atoms with E-state index in [4.69, 9.17) is 14.2 Å². The van der Waals surface area contributed by atoms with Crippen LogP contribution in [-0.2, 0) is 10.9 Å². The first kappa shape index (κ1) is 33.3. The smallest absolute Gasteiger partial charge is 0.417 e. The van der Waals surface area contributed by atoms with Gasteiger partial charge in [-0.05, 0) is 63.6 Å². The quantitative estimate of drug-likeness (QED) is 0.239. The zero-order valence-corrected chi connectivity index (χ0v) is 27.8. The van der Waals surface area contributed by atoms with Crippen molar-refractivity contribution in [3.05, 3.63) is 29.2 Å². The first-order valence-electron chi connectivity index (χ1n) is 17.1. The number of likely N-dealkylation sites (N-methyl/N-ethyl adjacent to an activating group) is 1. The van der Waals surface area contributed by atoms with Gasteiger partial charge in [0.05, 0.1) is 28.9 Å². The highest BCUT2D eigenvalue weighted by molar-refractivity contribution is 6.02. The average molecular weight is 704 g/mol. The SMILES string of the molecule is Cc1cc2c(cnn2C2CCCCO2)c(-c2nc3c4c(nc(OC[C@@]56CCCN5C[C@H](F)C6)nc4c2F)N(C)[C@@H](CCO)CO3)c1C(F)(F)F. The van der Waals surface area contributed by atoms with E-state index in [0.29, 0.717) is 25.1 Å². The number of ether oxygens (including phenoxy) is 3. The van der Waals surface area contributed by atoms with Crippen molar-refractivity contribution >= 4 is 27.6 Å². The van der Waals surface area contributed by atoms with Gasteiger partial charge < -0.3 is 24.2 Å². The molecule has 4 aromatic rings. The van der Waals surface area contributed by atoms with Crippen molar-refractivity contribution in [2.24, 2.45) is 0 Å². The molecule has 7 heterocycles. The lowest BCUT2D eigenvalue weighted by molar-refractivity contribution is -0.137. The van der Waals surface area contributed by atoms with Crippen molar-refractivity contribution in [3.63, 3.8) is 0 Å². The fraction of sp³-hybridized carbons (Fsp3) is 0.588. The molecular formula is C34H38F5N7O4. The van der Waals surface area contributed by atoms with E-state index in [1.807, 2.05) is 0 Å². The van der Waals surface area contributed by atoms with Crippen LogP contribution in [-0.4, -0.2) is 99.1 Å². The van der Waals surface area contributed by atoms with E-state index in [2.05, 4.69) is 25.0 Å². The van der Waals surface area contributed by atoms with E-state index in [-0.39, 0.29) is 72.2 Å². The molecule has 0 spiro atoms. The standard InChI is InChI=1S/C34H38F5N7O4/c1-18-12-22-21(14-40-46(22)23-6-3-4-11-48-23)24(26(18)34(37,38)39)28-27(36)29-25-30(44(2)20(7-10-47)16-49-31(25)41-28)43-32(42-29)50-17-33-8-5-9-45(33)15-19(35)13-33/h12,14,19-20,23,47H,3-11,13,15-17H2,1-2H3/t19-,20+,23?,33+/m1/s1. The van der Waals surface area contributed by atoms with Gasteiger partial charge in [0.15, 0.2) is 12.0 Å². The van der Waals surface area contributed by atoms with Crippen LogP contribution in [0.2, 0.25) is 0 Å². The molecule has 4 aliphatic heterocycles. The van der Waals surface area contributed by atoms with E-state index in [9.17, 15) is 22.7 Å². The molecule has 3 saturated heterocycles. The molecule has 1 unspecified atom stereocenters. The van der Waals surface area contributed by atoms with E-state index < -0.39 is 52.8 Å². The van der Waals surface area contributed by atoms with Crippen LogP contribution in [0.1, 0.15) is 62.3 Å². The Hall–Kier alpha value is -3.89. The van der Waals surface area contributed by atoms with Crippen molar-refractivity contribution in [2.75, 3.05) is 51.5 Å². The van der Waals surface area contributed by atoms with Gasteiger partial charge in [-0.2, -0.15) is 28.2 Å². The summed E-state index contributed by atoms with van der Waals surface area (Å²) in [6.45, 7) is 2.72. The second-order valence-corrected chi connectivity index (χ2v) is 13.9. The van der Waals surface area contributed by atoms with Gasteiger partial charge in [-0.1, -0.05) is 0 Å². The Balaban J connectivity index is 1.33. The third kappa shape index (κ3) is 5.41. The maximum atomic E-state index is 17.2. The summed E-state index contributed by atoms with van der Waals surface area (Å²) in [6, 6.07) is 0.749. The Morgan fingerprint density at radius 1 is 1.16 bits per heavy atom. The van der Waals surface area contributed by atoms with Crippen molar-refractivity contribution in [1.29, 1.82) is 0 Å². The molecule has 3 fully saturated rings. The number of benzene rings is 1. The van der Waals surface area contributed by atoms with Crippen LogP contribution < -0.4 is 14.4 Å². The van der Waals surface area contributed by atoms with E-state index >= 15 is 4.39 Å². The molecule has 16 heteroatoms. The molecule has 268 valence electrons. The van der Waals surface area contributed by atoms with E-state index in [0.717, 1.165) is 32.2 Å². The van der Waals surface area contributed by atoms with Gasteiger partial charge in [0.1, 0.15) is 41.8 Å². The van der Waals surface area contributed by atoms with Gasteiger partial charge in [-0.15, -0.1) is 0 Å². The highest BCUT2D eigenvalue weighted by atomic mass is 19.4. The molecule has 4 aliphatic rings.